The van der Waals surface area contributed by atoms with Crippen LogP contribution < -0.4 is 0 Å². The van der Waals surface area contributed by atoms with Gasteiger partial charge in [-0.3, -0.25) is 9.59 Å². The largest absolute Gasteiger partial charge is 0.462 e. The lowest BCUT2D eigenvalue weighted by molar-refractivity contribution is -0.204. The van der Waals surface area contributed by atoms with Crippen LogP contribution in [0.15, 0.2) is 12.2 Å². The van der Waals surface area contributed by atoms with E-state index in [1.807, 2.05) is 13.8 Å². The number of carbonyl (C=O) groups excluding carboxylic acids is 2. The van der Waals surface area contributed by atoms with Crippen LogP contribution in [-0.2, 0) is 28.5 Å². The molecule has 3 heterocycles. The summed E-state index contributed by atoms with van der Waals surface area (Å²) < 4.78 is 24.5. The van der Waals surface area contributed by atoms with E-state index < -0.39 is 34.6 Å². The molecule has 38 heavy (non-hydrogen) atoms. The Kier molecular flexibility index (Phi) is 5.05. The van der Waals surface area contributed by atoms with Crippen LogP contribution in [0.3, 0.4) is 0 Å². The minimum atomic E-state index is -0.964. The van der Waals surface area contributed by atoms with E-state index >= 15 is 0 Å². The minimum Gasteiger partial charge on any atom is -0.462 e. The summed E-state index contributed by atoms with van der Waals surface area (Å²) in [6, 6.07) is 0. The number of rotatable bonds is 3. The van der Waals surface area contributed by atoms with Gasteiger partial charge in [0, 0.05) is 19.3 Å². The Bertz CT molecular complexity index is 1120. The molecule has 8 heteroatoms. The van der Waals surface area contributed by atoms with E-state index in [2.05, 4.69) is 20.8 Å². The molecule has 0 amide bonds. The fraction of sp³-hybridized carbons (Fsp3) is 0.867. The number of epoxide rings is 2. The molecular formula is C30H42O8. The van der Waals surface area contributed by atoms with Gasteiger partial charge in [-0.25, -0.2) is 0 Å². The first kappa shape index (κ1) is 25.6. The summed E-state index contributed by atoms with van der Waals surface area (Å²) >= 11 is 0. The van der Waals surface area contributed by atoms with Crippen LogP contribution in [0.25, 0.3) is 0 Å². The average Bonchev–Trinajstić information content (AvgIpc) is 3.68. The van der Waals surface area contributed by atoms with Crippen molar-refractivity contribution in [1.29, 1.82) is 0 Å². The van der Waals surface area contributed by atoms with Gasteiger partial charge in [-0.2, -0.15) is 0 Å². The topological polar surface area (TPSA) is 118 Å². The molecule has 6 fully saturated rings. The maximum absolute atomic E-state index is 13.5. The molecule has 1 spiro atoms. The number of aliphatic hydroxyl groups is 2. The Morgan fingerprint density at radius 1 is 1.18 bits per heavy atom. The van der Waals surface area contributed by atoms with E-state index in [0.29, 0.717) is 0 Å². The van der Waals surface area contributed by atoms with Gasteiger partial charge in [0.25, 0.3) is 0 Å². The highest BCUT2D eigenvalue weighted by atomic mass is 16.7. The van der Waals surface area contributed by atoms with Crippen molar-refractivity contribution in [2.45, 2.75) is 121 Å². The van der Waals surface area contributed by atoms with Crippen molar-refractivity contribution in [3.63, 3.8) is 0 Å². The summed E-state index contributed by atoms with van der Waals surface area (Å²) in [6.45, 7) is 12.0. The molecule has 4 aliphatic carbocycles. The number of fused-ring (bicyclic) bond motifs is 5. The molecule has 8 nitrogen and oxygen atoms in total. The molecule has 210 valence electrons. The third-order valence-electron chi connectivity index (χ3n) is 13.0. The number of aliphatic hydroxyl groups excluding tert-OH is 2. The second-order valence-electron chi connectivity index (χ2n) is 14.4. The Hall–Kier alpha value is -1.32. The van der Waals surface area contributed by atoms with Gasteiger partial charge in [-0.15, -0.1) is 0 Å². The first-order chi connectivity index (χ1) is 17.7. The molecule has 7 aliphatic rings. The molecule has 3 aliphatic heterocycles. The summed E-state index contributed by atoms with van der Waals surface area (Å²) in [7, 11) is 0. The highest BCUT2D eigenvalue weighted by Crippen LogP contribution is 2.73. The van der Waals surface area contributed by atoms with Crippen LogP contribution in [0.2, 0.25) is 0 Å². The zero-order valence-electron chi connectivity index (χ0n) is 23.3. The Morgan fingerprint density at radius 2 is 1.92 bits per heavy atom. The van der Waals surface area contributed by atoms with E-state index in [0.717, 1.165) is 32.1 Å². The van der Waals surface area contributed by atoms with Crippen molar-refractivity contribution in [1.82, 2.24) is 0 Å². The normalized spacial score (nSPS) is 60.5. The molecule has 15 atom stereocenters. The molecule has 0 aromatic rings. The summed E-state index contributed by atoms with van der Waals surface area (Å²) in [4.78, 5) is 25.8. The molecule has 3 saturated heterocycles. The van der Waals surface area contributed by atoms with E-state index in [9.17, 15) is 19.8 Å². The van der Waals surface area contributed by atoms with Crippen LogP contribution in [0.5, 0.6) is 0 Å². The Balaban J connectivity index is 1.23. The SMILES string of the molecule is CC(=O)O[C@@H]1C[C@H]([C@H](C)[C@H]2C[C@]3(C)O[C@]3(C)[C@H](O)O2)[C@@]2(C)CC[C@H]3[C@@H](C[C@H]4O[C@]45[C@@H](O)C=CC(=O)[C@]35C)[C@H]12. The highest BCUT2D eigenvalue weighted by Gasteiger charge is 2.81. The molecule has 0 aromatic heterocycles. The van der Waals surface area contributed by atoms with Crippen LogP contribution in [0.4, 0.5) is 0 Å². The van der Waals surface area contributed by atoms with Crippen LogP contribution >= 0.6 is 0 Å². The first-order valence-corrected chi connectivity index (χ1v) is 14.5. The van der Waals surface area contributed by atoms with Crippen molar-refractivity contribution < 1.29 is 38.7 Å². The van der Waals surface area contributed by atoms with Gasteiger partial charge < -0.3 is 29.2 Å². The summed E-state index contributed by atoms with van der Waals surface area (Å²) in [5, 5.41) is 21.7. The van der Waals surface area contributed by atoms with E-state index in [1.165, 1.54) is 6.92 Å². The highest BCUT2D eigenvalue weighted by molar-refractivity contribution is 5.98. The zero-order valence-corrected chi connectivity index (χ0v) is 23.3. The van der Waals surface area contributed by atoms with Crippen molar-refractivity contribution in [3.8, 4) is 0 Å². The van der Waals surface area contributed by atoms with Crippen molar-refractivity contribution in [2.24, 2.45) is 40.4 Å². The molecule has 2 N–H and O–H groups in total. The standard InChI is InChI=1S/C30H42O8/c1-14(20-13-27(4)29(6,38-27)25(34)36-20)18-12-19(35-15(2)31)24-16-11-23-30(37-23)22(33)8-7-21(32)28(30,5)17(16)9-10-26(18,24)3/h7-8,14,16-20,22-25,33-34H,9-13H2,1-6H3/t14-,16+,17-,18+,19+,20+,22-,23+,24+,25+,26+,27-,28-,29+,30+/m0/s1. The van der Waals surface area contributed by atoms with E-state index in [-0.39, 0.29) is 65.1 Å². The van der Waals surface area contributed by atoms with Gasteiger partial charge in [0.2, 0.25) is 0 Å². The van der Waals surface area contributed by atoms with Gasteiger partial charge in [-0.05, 0) is 87.7 Å². The molecule has 0 radical (unpaired) electrons. The predicted molar refractivity (Wildman–Crippen MR) is 135 cm³/mol. The zero-order chi connectivity index (χ0) is 27.2. The van der Waals surface area contributed by atoms with Gasteiger partial charge >= 0.3 is 5.97 Å². The fourth-order valence-electron chi connectivity index (χ4n) is 10.7. The summed E-state index contributed by atoms with van der Waals surface area (Å²) in [6.07, 6.45) is 4.80. The van der Waals surface area contributed by atoms with Gasteiger partial charge in [-0.1, -0.05) is 13.8 Å². The van der Waals surface area contributed by atoms with Crippen LogP contribution in [-0.4, -0.2) is 69.5 Å². The maximum atomic E-state index is 13.5. The van der Waals surface area contributed by atoms with Gasteiger partial charge in [0.1, 0.15) is 29.0 Å². The third-order valence-corrected chi connectivity index (χ3v) is 13.0. The second kappa shape index (κ2) is 7.49. The quantitative estimate of drug-likeness (QED) is 0.423. The van der Waals surface area contributed by atoms with Gasteiger partial charge in [0.15, 0.2) is 12.1 Å². The lowest BCUT2D eigenvalue weighted by atomic mass is 9.44. The van der Waals surface area contributed by atoms with E-state index in [4.69, 9.17) is 18.9 Å². The average molecular weight is 531 g/mol. The number of hydrogen-bond acceptors (Lipinski definition) is 8. The lowest BCUT2D eigenvalue weighted by Crippen LogP contribution is -2.64. The molecule has 0 bridgehead atoms. The number of allylic oxidation sites excluding steroid dienone is 1. The number of esters is 1. The first-order valence-electron chi connectivity index (χ1n) is 14.5. The second-order valence-corrected chi connectivity index (χ2v) is 14.4. The summed E-state index contributed by atoms with van der Waals surface area (Å²) in [5.74, 6) is 0.378. The smallest absolute Gasteiger partial charge is 0.302 e. The van der Waals surface area contributed by atoms with Crippen LogP contribution in [0.1, 0.15) is 73.6 Å². The maximum Gasteiger partial charge on any atom is 0.302 e. The molecule has 7 rings (SSSR count). The third kappa shape index (κ3) is 2.84. The molecular weight excluding hydrogens is 488 g/mol. The number of ketones is 1. The Labute approximate surface area is 224 Å². The minimum absolute atomic E-state index is 0.0425. The molecule has 0 aromatic carbocycles. The lowest BCUT2D eigenvalue weighted by Gasteiger charge is -2.58. The molecule has 0 unspecified atom stereocenters. The predicted octanol–water partition coefficient (Wildman–Crippen LogP) is 2.93. The summed E-state index contributed by atoms with van der Waals surface area (Å²) in [5.41, 5.74) is -2.79. The number of carbonyl (C=O) groups is 2. The van der Waals surface area contributed by atoms with Crippen molar-refractivity contribution in [2.75, 3.05) is 0 Å². The molecule has 3 saturated carbocycles. The Morgan fingerprint density at radius 3 is 2.61 bits per heavy atom. The van der Waals surface area contributed by atoms with Gasteiger partial charge in [0.05, 0.1) is 17.6 Å². The fourth-order valence-corrected chi connectivity index (χ4v) is 10.7. The van der Waals surface area contributed by atoms with Crippen molar-refractivity contribution >= 4 is 11.8 Å². The van der Waals surface area contributed by atoms with Crippen LogP contribution in [0, 0.1) is 40.4 Å². The van der Waals surface area contributed by atoms with E-state index in [1.54, 1.807) is 12.2 Å². The number of hydrogen-bond donors (Lipinski definition) is 2. The van der Waals surface area contributed by atoms with Crippen molar-refractivity contribution in [3.05, 3.63) is 12.2 Å². The number of ether oxygens (including phenoxy) is 4. The monoisotopic (exact) mass is 530 g/mol.